The number of hydrogen-bond donors (Lipinski definition) is 1. The lowest BCUT2D eigenvalue weighted by molar-refractivity contribution is 0.463. The van der Waals surface area contributed by atoms with Gasteiger partial charge in [-0.3, -0.25) is 0 Å². The summed E-state index contributed by atoms with van der Waals surface area (Å²) >= 11 is 5.81. The quantitative estimate of drug-likeness (QED) is 0.471. The molecule has 0 aromatic rings. The first-order chi connectivity index (χ1) is 4.81. The fourth-order valence-corrected chi connectivity index (χ4v) is 0.764. The fraction of sp³-hybridized carbons (Fsp3) is 1.00. The Labute approximate surface area is 66.9 Å². The van der Waals surface area contributed by atoms with Crippen LogP contribution < -0.4 is 5.32 Å². The van der Waals surface area contributed by atoms with Gasteiger partial charge in [0.05, 0.1) is 0 Å². The van der Waals surface area contributed by atoms with Crippen molar-refractivity contribution in [2.75, 3.05) is 19.8 Å². The molecule has 0 amide bonds. The highest BCUT2D eigenvalue weighted by atomic mass is 35.5. The predicted molar refractivity (Wildman–Crippen MR) is 43.4 cm³/mol. The molecule has 0 radical (unpaired) electrons. The van der Waals surface area contributed by atoms with Gasteiger partial charge >= 0.3 is 0 Å². The summed E-state index contributed by atoms with van der Waals surface area (Å²) in [7, 11) is 0. The van der Waals surface area contributed by atoms with Gasteiger partial charge in [0, 0.05) is 11.9 Å². The second-order valence-corrected chi connectivity index (χ2v) is 2.85. The third-order valence-electron chi connectivity index (χ3n) is 1.35. The average molecular weight is 168 g/mol. The maximum absolute atomic E-state index is 11.5. The Morgan fingerprint density at radius 2 is 2.20 bits per heavy atom. The van der Waals surface area contributed by atoms with E-state index in [1.165, 1.54) is 0 Å². The van der Waals surface area contributed by atoms with Crippen molar-refractivity contribution < 1.29 is 4.39 Å². The Hall–Kier alpha value is 0.180. The molecule has 1 atom stereocenters. The van der Waals surface area contributed by atoms with Crippen LogP contribution in [0.15, 0.2) is 0 Å². The number of alkyl halides is 2. The highest BCUT2D eigenvalue weighted by Crippen LogP contribution is 2.04. The van der Waals surface area contributed by atoms with E-state index in [0.29, 0.717) is 6.54 Å². The predicted octanol–water partition coefficient (Wildman–Crippen LogP) is 1.95. The van der Waals surface area contributed by atoms with E-state index < -0.39 is 0 Å². The molecule has 0 bridgehead atoms. The molecule has 0 fully saturated rings. The summed E-state index contributed by atoms with van der Waals surface area (Å²) in [5, 5.41) is 3.18. The normalized spacial score (nSPS) is 13.5. The molecule has 0 aliphatic rings. The third kappa shape index (κ3) is 6.30. The van der Waals surface area contributed by atoms with E-state index in [9.17, 15) is 4.39 Å². The molecule has 0 saturated heterocycles. The van der Waals surface area contributed by atoms with E-state index in [1.54, 1.807) is 0 Å². The second-order valence-electron chi connectivity index (χ2n) is 2.23. The van der Waals surface area contributed by atoms with Crippen molar-refractivity contribution in [2.24, 2.45) is 0 Å². The zero-order chi connectivity index (χ0) is 7.82. The summed E-state index contributed by atoms with van der Waals surface area (Å²) in [5.74, 6) is 0. The van der Waals surface area contributed by atoms with Crippen LogP contribution in [0.2, 0.25) is 0 Å². The number of halogens is 2. The summed E-state index contributed by atoms with van der Waals surface area (Å²) < 4.78 is 11.5. The highest BCUT2D eigenvalue weighted by Gasteiger charge is 1.98. The van der Waals surface area contributed by atoms with Crippen molar-refractivity contribution in [1.29, 1.82) is 0 Å². The SMILES string of the molecule is CCC(Cl)CCNCCF. The van der Waals surface area contributed by atoms with Crippen LogP contribution in [0.5, 0.6) is 0 Å². The van der Waals surface area contributed by atoms with E-state index in [4.69, 9.17) is 11.6 Å². The Morgan fingerprint density at radius 3 is 2.70 bits per heavy atom. The Kier molecular flexibility index (Phi) is 7.42. The lowest BCUT2D eigenvalue weighted by Gasteiger charge is -2.05. The van der Waals surface area contributed by atoms with Crippen molar-refractivity contribution >= 4 is 11.6 Å². The molecule has 0 heterocycles. The van der Waals surface area contributed by atoms with Crippen LogP contribution in [0.4, 0.5) is 4.39 Å². The van der Waals surface area contributed by atoms with Crippen molar-refractivity contribution in [1.82, 2.24) is 5.32 Å². The molecule has 1 nitrogen and oxygen atoms in total. The second kappa shape index (κ2) is 7.29. The minimum atomic E-state index is -0.293. The molecule has 10 heavy (non-hydrogen) atoms. The van der Waals surface area contributed by atoms with Crippen molar-refractivity contribution in [2.45, 2.75) is 25.1 Å². The molecular formula is C7H15ClFN. The van der Waals surface area contributed by atoms with Gasteiger partial charge in [0.15, 0.2) is 0 Å². The molecule has 3 heteroatoms. The molecule has 0 aliphatic heterocycles. The maximum atomic E-state index is 11.5. The van der Waals surface area contributed by atoms with Gasteiger partial charge < -0.3 is 5.32 Å². The first kappa shape index (κ1) is 10.2. The monoisotopic (exact) mass is 167 g/mol. The Morgan fingerprint density at radius 1 is 1.50 bits per heavy atom. The standard InChI is InChI=1S/C7H15ClFN/c1-2-7(8)3-5-10-6-4-9/h7,10H,2-6H2,1H3. The summed E-state index contributed by atoms with van der Waals surface area (Å²) in [4.78, 5) is 0. The summed E-state index contributed by atoms with van der Waals surface area (Å²) in [6, 6.07) is 0. The molecule has 1 unspecified atom stereocenters. The highest BCUT2D eigenvalue weighted by molar-refractivity contribution is 6.20. The van der Waals surface area contributed by atoms with Crippen LogP contribution in [0.25, 0.3) is 0 Å². The summed E-state index contributed by atoms with van der Waals surface area (Å²) in [6.45, 7) is 3.03. The van der Waals surface area contributed by atoms with Crippen LogP contribution in [0.1, 0.15) is 19.8 Å². The summed E-state index contributed by atoms with van der Waals surface area (Å²) in [5.41, 5.74) is 0. The lowest BCUT2D eigenvalue weighted by Crippen LogP contribution is -2.20. The Bertz CT molecular complexity index is 70.6. The lowest BCUT2D eigenvalue weighted by atomic mass is 10.2. The van der Waals surface area contributed by atoms with Gasteiger partial charge in [0.25, 0.3) is 0 Å². The van der Waals surface area contributed by atoms with Gasteiger partial charge in [-0.15, -0.1) is 11.6 Å². The molecule has 0 aromatic carbocycles. The van der Waals surface area contributed by atoms with E-state index >= 15 is 0 Å². The van der Waals surface area contributed by atoms with Gasteiger partial charge in [0.1, 0.15) is 6.67 Å². The zero-order valence-corrected chi connectivity index (χ0v) is 7.12. The van der Waals surface area contributed by atoms with E-state index in [-0.39, 0.29) is 12.1 Å². The third-order valence-corrected chi connectivity index (χ3v) is 1.88. The molecule has 0 saturated carbocycles. The van der Waals surface area contributed by atoms with E-state index in [2.05, 4.69) is 5.32 Å². The molecule has 0 rings (SSSR count). The van der Waals surface area contributed by atoms with Crippen molar-refractivity contribution in [3.63, 3.8) is 0 Å². The maximum Gasteiger partial charge on any atom is 0.102 e. The minimum absolute atomic E-state index is 0.243. The number of hydrogen-bond acceptors (Lipinski definition) is 1. The van der Waals surface area contributed by atoms with Crippen LogP contribution in [-0.2, 0) is 0 Å². The molecule has 0 spiro atoms. The van der Waals surface area contributed by atoms with Crippen molar-refractivity contribution in [3.05, 3.63) is 0 Å². The molecular weight excluding hydrogens is 153 g/mol. The molecule has 0 aromatic heterocycles. The van der Waals surface area contributed by atoms with Gasteiger partial charge in [-0.1, -0.05) is 6.92 Å². The number of nitrogens with one attached hydrogen (secondary N) is 1. The van der Waals surface area contributed by atoms with E-state index in [1.807, 2.05) is 6.92 Å². The molecule has 0 aliphatic carbocycles. The summed E-state index contributed by atoms with van der Waals surface area (Å²) in [6.07, 6.45) is 1.91. The first-order valence-corrected chi connectivity index (χ1v) is 4.15. The number of rotatable bonds is 6. The topological polar surface area (TPSA) is 12.0 Å². The average Bonchev–Trinajstić information content (AvgIpc) is 1.98. The van der Waals surface area contributed by atoms with Crippen molar-refractivity contribution in [3.8, 4) is 0 Å². The van der Waals surface area contributed by atoms with Gasteiger partial charge in [0.2, 0.25) is 0 Å². The van der Waals surface area contributed by atoms with Crippen LogP contribution in [-0.4, -0.2) is 25.1 Å². The van der Waals surface area contributed by atoms with Crippen LogP contribution >= 0.6 is 11.6 Å². The molecule has 62 valence electrons. The van der Waals surface area contributed by atoms with Crippen LogP contribution in [0.3, 0.4) is 0 Å². The molecule has 1 N–H and O–H groups in total. The smallest absolute Gasteiger partial charge is 0.102 e. The zero-order valence-electron chi connectivity index (χ0n) is 6.37. The fourth-order valence-electron chi connectivity index (χ4n) is 0.655. The first-order valence-electron chi connectivity index (χ1n) is 3.72. The van der Waals surface area contributed by atoms with Crippen LogP contribution in [0, 0.1) is 0 Å². The van der Waals surface area contributed by atoms with Gasteiger partial charge in [-0.05, 0) is 19.4 Å². The van der Waals surface area contributed by atoms with Gasteiger partial charge in [-0.25, -0.2) is 4.39 Å². The largest absolute Gasteiger partial charge is 0.314 e. The van der Waals surface area contributed by atoms with E-state index in [0.717, 1.165) is 19.4 Å². The Balaban J connectivity index is 2.89. The van der Waals surface area contributed by atoms with Gasteiger partial charge in [-0.2, -0.15) is 0 Å². The minimum Gasteiger partial charge on any atom is -0.314 e.